The first-order valence-corrected chi connectivity index (χ1v) is 4.91. The van der Waals surface area contributed by atoms with Crippen molar-refractivity contribution in [2.75, 3.05) is 6.61 Å². The van der Waals surface area contributed by atoms with Gasteiger partial charge < -0.3 is 14.5 Å². The van der Waals surface area contributed by atoms with Gasteiger partial charge >= 0.3 is 11.9 Å². The standard InChI is InChI=1S/C11H15NO4/c1-11(2,3)16-9(13)7-15-10(14)8-5-4-6-12-8/h4-6,12H,7H2,1-3H3. The van der Waals surface area contributed by atoms with Crippen LogP contribution in [-0.4, -0.2) is 29.1 Å². The normalized spacial score (nSPS) is 10.9. The van der Waals surface area contributed by atoms with Crippen LogP contribution in [0.3, 0.4) is 0 Å². The molecule has 1 rings (SSSR count). The number of aromatic amines is 1. The van der Waals surface area contributed by atoms with Crippen LogP contribution in [0.4, 0.5) is 0 Å². The number of nitrogens with one attached hydrogen (secondary N) is 1. The van der Waals surface area contributed by atoms with Crippen molar-refractivity contribution in [3.8, 4) is 0 Å². The number of carbonyl (C=O) groups is 2. The second kappa shape index (κ2) is 4.83. The Bertz CT molecular complexity index is 362. The Morgan fingerprint density at radius 3 is 2.56 bits per heavy atom. The zero-order valence-corrected chi connectivity index (χ0v) is 9.57. The zero-order chi connectivity index (χ0) is 12.2. The first kappa shape index (κ1) is 12.3. The Kier molecular flexibility index (Phi) is 3.71. The topological polar surface area (TPSA) is 68.4 Å². The molecule has 1 aromatic heterocycles. The molecule has 0 radical (unpaired) electrons. The van der Waals surface area contributed by atoms with Crippen LogP contribution in [0.25, 0.3) is 0 Å². The van der Waals surface area contributed by atoms with E-state index in [0.29, 0.717) is 5.69 Å². The molecule has 0 amide bonds. The van der Waals surface area contributed by atoms with E-state index >= 15 is 0 Å². The summed E-state index contributed by atoms with van der Waals surface area (Å²) in [6.07, 6.45) is 1.60. The average Bonchev–Trinajstić information content (AvgIpc) is 2.64. The zero-order valence-electron chi connectivity index (χ0n) is 9.57. The van der Waals surface area contributed by atoms with Crippen LogP contribution in [0.15, 0.2) is 18.3 Å². The average molecular weight is 225 g/mol. The van der Waals surface area contributed by atoms with Crippen LogP contribution < -0.4 is 0 Å². The molecule has 0 unspecified atom stereocenters. The van der Waals surface area contributed by atoms with E-state index in [4.69, 9.17) is 9.47 Å². The summed E-state index contributed by atoms with van der Waals surface area (Å²) in [5.41, 5.74) is -0.265. The molecule has 0 saturated carbocycles. The molecule has 0 atom stereocenters. The van der Waals surface area contributed by atoms with E-state index < -0.39 is 17.5 Å². The Morgan fingerprint density at radius 2 is 2.06 bits per heavy atom. The molecule has 16 heavy (non-hydrogen) atoms. The highest BCUT2D eigenvalue weighted by molar-refractivity contribution is 5.88. The first-order chi connectivity index (χ1) is 7.38. The first-order valence-electron chi connectivity index (χ1n) is 4.91. The highest BCUT2D eigenvalue weighted by Crippen LogP contribution is 2.07. The number of aromatic nitrogens is 1. The molecule has 0 saturated heterocycles. The third-order valence-corrected chi connectivity index (χ3v) is 1.56. The molecule has 1 heterocycles. The fourth-order valence-electron chi connectivity index (χ4n) is 1.03. The van der Waals surface area contributed by atoms with Crippen LogP contribution in [0.5, 0.6) is 0 Å². The van der Waals surface area contributed by atoms with Crippen molar-refractivity contribution in [1.29, 1.82) is 0 Å². The minimum Gasteiger partial charge on any atom is -0.457 e. The van der Waals surface area contributed by atoms with Crippen LogP contribution >= 0.6 is 0 Å². The summed E-state index contributed by atoms with van der Waals surface area (Å²) >= 11 is 0. The minimum absolute atomic E-state index is 0.309. The van der Waals surface area contributed by atoms with Crippen molar-refractivity contribution >= 4 is 11.9 Å². The van der Waals surface area contributed by atoms with Gasteiger partial charge in [0.05, 0.1) is 0 Å². The van der Waals surface area contributed by atoms with Crippen LogP contribution in [0.1, 0.15) is 31.3 Å². The quantitative estimate of drug-likeness (QED) is 0.792. The van der Waals surface area contributed by atoms with E-state index in [9.17, 15) is 9.59 Å². The van der Waals surface area contributed by atoms with Gasteiger partial charge in [0.1, 0.15) is 11.3 Å². The number of rotatable bonds is 3. The lowest BCUT2D eigenvalue weighted by Crippen LogP contribution is -2.27. The summed E-state index contributed by atoms with van der Waals surface area (Å²) in [6, 6.07) is 3.24. The lowest BCUT2D eigenvalue weighted by Gasteiger charge is -2.19. The predicted octanol–water partition coefficient (Wildman–Crippen LogP) is 1.51. The molecular formula is C11H15NO4. The summed E-state index contributed by atoms with van der Waals surface area (Å²) in [4.78, 5) is 25.2. The van der Waals surface area contributed by atoms with E-state index in [1.54, 1.807) is 39.1 Å². The molecule has 5 heteroatoms. The molecular weight excluding hydrogens is 210 g/mol. The van der Waals surface area contributed by atoms with Gasteiger partial charge in [-0.15, -0.1) is 0 Å². The largest absolute Gasteiger partial charge is 0.457 e. The molecule has 0 aromatic carbocycles. The van der Waals surface area contributed by atoms with Gasteiger partial charge in [-0.05, 0) is 32.9 Å². The molecule has 0 aliphatic heterocycles. The van der Waals surface area contributed by atoms with Crippen molar-refractivity contribution in [2.45, 2.75) is 26.4 Å². The van der Waals surface area contributed by atoms with Gasteiger partial charge in [-0.3, -0.25) is 0 Å². The molecule has 88 valence electrons. The SMILES string of the molecule is CC(C)(C)OC(=O)COC(=O)c1ccc[nH]1. The van der Waals surface area contributed by atoms with Crippen molar-refractivity contribution in [1.82, 2.24) is 4.98 Å². The Balaban J connectivity index is 2.35. The number of carbonyl (C=O) groups excluding carboxylic acids is 2. The fourth-order valence-corrected chi connectivity index (χ4v) is 1.03. The molecule has 1 aromatic rings. The molecule has 0 fully saturated rings. The van der Waals surface area contributed by atoms with Gasteiger partial charge in [0, 0.05) is 6.20 Å². The van der Waals surface area contributed by atoms with Crippen LogP contribution in [0, 0.1) is 0 Å². The van der Waals surface area contributed by atoms with Gasteiger partial charge in [-0.2, -0.15) is 0 Å². The van der Waals surface area contributed by atoms with E-state index in [-0.39, 0.29) is 6.61 Å². The molecule has 0 spiro atoms. The summed E-state index contributed by atoms with van der Waals surface area (Å²) in [7, 11) is 0. The summed E-state index contributed by atoms with van der Waals surface area (Å²) in [5, 5.41) is 0. The number of ether oxygens (including phenoxy) is 2. The number of hydrogen-bond donors (Lipinski definition) is 1. The molecule has 0 bridgehead atoms. The lowest BCUT2D eigenvalue weighted by molar-refractivity contribution is -0.158. The maximum absolute atomic E-state index is 11.3. The smallest absolute Gasteiger partial charge is 0.355 e. The summed E-state index contributed by atoms with van der Waals surface area (Å²) in [6.45, 7) is 4.86. The van der Waals surface area contributed by atoms with Crippen molar-refractivity contribution in [3.63, 3.8) is 0 Å². The highest BCUT2D eigenvalue weighted by atomic mass is 16.6. The van der Waals surface area contributed by atoms with Gasteiger partial charge in [0.15, 0.2) is 6.61 Å². The maximum Gasteiger partial charge on any atom is 0.355 e. The van der Waals surface area contributed by atoms with Gasteiger partial charge in [-0.1, -0.05) is 0 Å². The van der Waals surface area contributed by atoms with Gasteiger partial charge in [0.25, 0.3) is 0 Å². The molecule has 0 aliphatic rings. The summed E-state index contributed by atoms with van der Waals surface area (Å²) in [5.74, 6) is -1.14. The number of esters is 2. The van der Waals surface area contributed by atoms with Crippen molar-refractivity contribution < 1.29 is 19.1 Å². The Morgan fingerprint density at radius 1 is 1.38 bits per heavy atom. The second-order valence-electron chi connectivity index (χ2n) is 4.25. The third kappa shape index (κ3) is 4.16. The summed E-state index contributed by atoms with van der Waals surface area (Å²) < 4.78 is 9.73. The van der Waals surface area contributed by atoms with Gasteiger partial charge in [-0.25, -0.2) is 9.59 Å². The molecule has 0 aliphatic carbocycles. The van der Waals surface area contributed by atoms with E-state index in [1.165, 1.54) is 0 Å². The third-order valence-electron chi connectivity index (χ3n) is 1.56. The Labute approximate surface area is 93.7 Å². The minimum atomic E-state index is -0.573. The number of H-pyrrole nitrogens is 1. The van der Waals surface area contributed by atoms with E-state index in [0.717, 1.165) is 0 Å². The lowest BCUT2D eigenvalue weighted by atomic mass is 10.2. The molecule has 1 N–H and O–H groups in total. The van der Waals surface area contributed by atoms with E-state index in [1.807, 2.05) is 0 Å². The van der Waals surface area contributed by atoms with Crippen LogP contribution in [0.2, 0.25) is 0 Å². The second-order valence-corrected chi connectivity index (χ2v) is 4.25. The molecule has 5 nitrogen and oxygen atoms in total. The van der Waals surface area contributed by atoms with Crippen molar-refractivity contribution in [2.24, 2.45) is 0 Å². The van der Waals surface area contributed by atoms with E-state index in [2.05, 4.69) is 4.98 Å². The maximum atomic E-state index is 11.3. The highest BCUT2D eigenvalue weighted by Gasteiger charge is 2.18. The van der Waals surface area contributed by atoms with Crippen LogP contribution in [-0.2, 0) is 14.3 Å². The number of hydrogen-bond acceptors (Lipinski definition) is 4. The Hall–Kier alpha value is -1.78. The monoisotopic (exact) mass is 225 g/mol. The van der Waals surface area contributed by atoms with Gasteiger partial charge in [0.2, 0.25) is 0 Å². The fraction of sp³-hybridized carbons (Fsp3) is 0.455. The predicted molar refractivity (Wildman–Crippen MR) is 56.9 cm³/mol. The van der Waals surface area contributed by atoms with Crippen molar-refractivity contribution in [3.05, 3.63) is 24.0 Å².